The second-order valence-corrected chi connectivity index (χ2v) is 15.7. The van der Waals surface area contributed by atoms with Gasteiger partial charge in [-0.05, 0) is 111 Å². The number of para-hydroxylation sites is 4. The molecule has 0 radical (unpaired) electrons. The van der Waals surface area contributed by atoms with E-state index in [-0.39, 0.29) is 5.41 Å². The zero-order valence-corrected chi connectivity index (χ0v) is 31.3. The van der Waals surface area contributed by atoms with Crippen LogP contribution >= 0.6 is 11.6 Å². The zero-order chi connectivity index (χ0) is 37.0. The number of aromatic nitrogens is 1. The van der Waals surface area contributed by atoms with Crippen molar-refractivity contribution >= 4 is 56.2 Å². The number of anilines is 4. The monoisotopic (exact) mass is 725 g/mol. The molecule has 8 aromatic carbocycles. The van der Waals surface area contributed by atoms with Crippen molar-refractivity contribution in [2.45, 2.75) is 19.3 Å². The molecule has 55 heavy (non-hydrogen) atoms. The first-order valence-corrected chi connectivity index (χ1v) is 19.2. The fraction of sp³-hybridized carbons (Fsp3) is 0.0588. The first-order chi connectivity index (χ1) is 26.9. The van der Waals surface area contributed by atoms with Gasteiger partial charge in [-0.3, -0.25) is 0 Å². The van der Waals surface area contributed by atoms with Crippen molar-refractivity contribution in [2.75, 3.05) is 10.6 Å². The molecule has 1 aliphatic carbocycles. The highest BCUT2D eigenvalue weighted by Crippen LogP contribution is 2.55. The fourth-order valence-corrected chi connectivity index (χ4v) is 9.61. The van der Waals surface area contributed by atoms with E-state index in [0.717, 1.165) is 56.1 Å². The molecule has 1 aromatic heterocycles. The second-order valence-electron chi connectivity index (χ2n) is 15.3. The molecule has 0 fully saturated rings. The van der Waals surface area contributed by atoms with Crippen molar-refractivity contribution < 1.29 is 0 Å². The van der Waals surface area contributed by atoms with E-state index in [1.54, 1.807) is 0 Å². The van der Waals surface area contributed by atoms with Crippen LogP contribution in [0.5, 0.6) is 0 Å². The lowest BCUT2D eigenvalue weighted by atomic mass is 9.82. The minimum atomic E-state index is -0.0937. The van der Waals surface area contributed by atoms with Gasteiger partial charge in [0.1, 0.15) is 0 Å². The Labute approximate surface area is 325 Å². The third-order valence-electron chi connectivity index (χ3n) is 11.9. The van der Waals surface area contributed by atoms with Crippen LogP contribution in [0.1, 0.15) is 25.0 Å². The Morgan fingerprint density at radius 3 is 1.95 bits per heavy atom. The number of fused-ring (bicyclic) bond motifs is 11. The van der Waals surface area contributed by atoms with Crippen LogP contribution in [0.3, 0.4) is 0 Å². The maximum atomic E-state index is 7.12. The summed E-state index contributed by atoms with van der Waals surface area (Å²) in [5.41, 5.74) is 25.9. The van der Waals surface area contributed by atoms with Crippen molar-refractivity contribution in [3.63, 3.8) is 0 Å². The molecule has 0 atom stereocenters. The van der Waals surface area contributed by atoms with E-state index in [2.05, 4.69) is 163 Å². The van der Waals surface area contributed by atoms with Gasteiger partial charge in [-0.25, -0.2) is 0 Å². The Balaban J connectivity index is 1.17. The fourth-order valence-electron chi connectivity index (χ4n) is 9.35. The van der Waals surface area contributed by atoms with Crippen molar-refractivity contribution in [3.05, 3.63) is 186 Å². The highest BCUT2D eigenvalue weighted by molar-refractivity contribution is 6.35. The Hall–Kier alpha value is -6.55. The lowest BCUT2D eigenvalue weighted by Crippen LogP contribution is -2.14. The Kier molecular flexibility index (Phi) is 6.81. The van der Waals surface area contributed by atoms with Crippen LogP contribution in [0.25, 0.3) is 72.0 Å². The average molecular weight is 726 g/mol. The number of nitrogens with two attached hydrogens (primary N) is 1. The van der Waals surface area contributed by atoms with Gasteiger partial charge in [0.15, 0.2) is 0 Å². The Morgan fingerprint density at radius 2 is 1.13 bits per heavy atom. The van der Waals surface area contributed by atoms with Crippen LogP contribution < -0.4 is 10.6 Å². The summed E-state index contributed by atoms with van der Waals surface area (Å²) in [6.07, 6.45) is 0. The lowest BCUT2D eigenvalue weighted by Gasteiger charge is -2.29. The minimum absolute atomic E-state index is 0.0937. The molecule has 0 unspecified atom stereocenters. The van der Waals surface area contributed by atoms with Gasteiger partial charge in [0.05, 0.1) is 38.8 Å². The molecule has 2 aliphatic rings. The number of halogens is 1. The Morgan fingerprint density at radius 1 is 0.473 bits per heavy atom. The highest BCUT2D eigenvalue weighted by atomic mass is 35.5. The van der Waals surface area contributed by atoms with E-state index in [0.29, 0.717) is 10.7 Å². The molecule has 2 N–H and O–H groups in total. The average Bonchev–Trinajstić information content (AvgIpc) is 3.60. The maximum Gasteiger partial charge on any atom is 0.0727 e. The summed E-state index contributed by atoms with van der Waals surface area (Å²) in [5, 5.41) is 3.16. The van der Waals surface area contributed by atoms with Crippen LogP contribution in [-0.4, -0.2) is 4.57 Å². The predicted molar refractivity (Wildman–Crippen MR) is 232 cm³/mol. The normalized spacial score (nSPS) is 13.5. The number of hydrogen-bond acceptors (Lipinski definition) is 2. The first-order valence-electron chi connectivity index (χ1n) is 18.8. The molecule has 0 saturated carbocycles. The van der Waals surface area contributed by atoms with Gasteiger partial charge in [0.25, 0.3) is 0 Å². The van der Waals surface area contributed by atoms with Crippen molar-refractivity contribution in [2.24, 2.45) is 0 Å². The quantitative estimate of drug-likeness (QED) is 0.184. The van der Waals surface area contributed by atoms with E-state index in [1.165, 1.54) is 44.1 Å². The van der Waals surface area contributed by atoms with Gasteiger partial charge in [-0.2, -0.15) is 0 Å². The molecule has 0 spiro atoms. The summed E-state index contributed by atoms with van der Waals surface area (Å²) in [5.74, 6) is 0. The van der Waals surface area contributed by atoms with E-state index in [9.17, 15) is 0 Å². The van der Waals surface area contributed by atoms with Crippen LogP contribution in [0, 0.1) is 0 Å². The van der Waals surface area contributed by atoms with Crippen LogP contribution in [-0.2, 0) is 5.41 Å². The summed E-state index contributed by atoms with van der Waals surface area (Å²) < 4.78 is 2.43. The summed E-state index contributed by atoms with van der Waals surface area (Å²) >= 11 is 7.12. The number of nitrogens with zero attached hydrogens (tertiary/aromatic N) is 2. The second kappa shape index (κ2) is 11.7. The number of rotatable bonds is 3. The van der Waals surface area contributed by atoms with Crippen molar-refractivity contribution in [1.82, 2.24) is 4.57 Å². The van der Waals surface area contributed by atoms with Gasteiger partial charge in [0.2, 0.25) is 0 Å². The summed E-state index contributed by atoms with van der Waals surface area (Å²) in [6.45, 7) is 4.71. The standard InChI is InChI=1S/C51H36ClN3/c1-51(2)42-19-9-8-17-36(42)38-29-41-40-28-32(23-25-46(40)54(49(41)30-43(38)51)33-13-4-3-5-14-33)31-24-26-47-39(27-31)35-16-7-6-15-34(35)37-18-12-20-44(52)50(37)55(47)48-22-11-10-21-45(48)53/h3-30H,53H2,1-2H3. The topological polar surface area (TPSA) is 34.2 Å². The predicted octanol–water partition coefficient (Wildman–Crippen LogP) is 14.1. The van der Waals surface area contributed by atoms with E-state index in [1.807, 2.05) is 30.3 Å². The molecule has 0 bridgehead atoms. The number of nitrogen functional groups attached to an aromatic ring is 1. The van der Waals surface area contributed by atoms with Crippen LogP contribution in [0.2, 0.25) is 5.02 Å². The van der Waals surface area contributed by atoms with E-state index >= 15 is 0 Å². The van der Waals surface area contributed by atoms with Crippen LogP contribution in [0.4, 0.5) is 22.7 Å². The highest BCUT2D eigenvalue weighted by Gasteiger charge is 2.36. The molecule has 2 heterocycles. The van der Waals surface area contributed by atoms with Crippen LogP contribution in [0.15, 0.2) is 170 Å². The largest absolute Gasteiger partial charge is 0.397 e. The molecule has 262 valence electrons. The summed E-state index contributed by atoms with van der Waals surface area (Å²) in [4.78, 5) is 2.24. The molecular weight excluding hydrogens is 690 g/mol. The number of benzene rings is 8. The van der Waals surface area contributed by atoms with Gasteiger partial charge in [-0.1, -0.05) is 129 Å². The summed E-state index contributed by atoms with van der Waals surface area (Å²) in [7, 11) is 0. The third kappa shape index (κ3) is 4.57. The molecule has 0 saturated heterocycles. The molecule has 11 rings (SSSR count). The maximum absolute atomic E-state index is 7.12. The Bertz CT molecular complexity index is 3040. The minimum Gasteiger partial charge on any atom is -0.397 e. The smallest absolute Gasteiger partial charge is 0.0727 e. The molecule has 4 heteroatoms. The third-order valence-corrected chi connectivity index (χ3v) is 12.3. The molecule has 0 amide bonds. The summed E-state index contributed by atoms with van der Waals surface area (Å²) in [6, 6.07) is 61.1. The molecule has 9 aromatic rings. The first kappa shape index (κ1) is 31.9. The van der Waals surface area contributed by atoms with Gasteiger partial charge in [0, 0.05) is 33.0 Å². The molecular formula is C51H36ClN3. The van der Waals surface area contributed by atoms with Crippen molar-refractivity contribution in [1.29, 1.82) is 0 Å². The van der Waals surface area contributed by atoms with E-state index < -0.39 is 0 Å². The van der Waals surface area contributed by atoms with E-state index in [4.69, 9.17) is 17.3 Å². The van der Waals surface area contributed by atoms with Gasteiger partial charge in [-0.15, -0.1) is 0 Å². The molecule has 1 aliphatic heterocycles. The zero-order valence-electron chi connectivity index (χ0n) is 30.5. The molecule has 3 nitrogen and oxygen atoms in total. The lowest BCUT2D eigenvalue weighted by molar-refractivity contribution is 0.661. The van der Waals surface area contributed by atoms with Gasteiger partial charge < -0.3 is 15.2 Å². The SMILES string of the molecule is CC1(C)c2ccccc2-c2cc3c4cc(-c5ccc6c(c5)-c5ccccc5-c5cccc(Cl)c5N6c5ccccc5N)ccc4n(-c4ccccc4)c3cc21. The number of hydrogen-bond donors (Lipinski definition) is 1. The van der Waals surface area contributed by atoms with Gasteiger partial charge >= 0.3 is 0 Å². The van der Waals surface area contributed by atoms with Crippen molar-refractivity contribution in [3.8, 4) is 50.2 Å².